The van der Waals surface area contributed by atoms with E-state index in [-0.39, 0.29) is 80.1 Å². The van der Waals surface area contributed by atoms with E-state index >= 15 is 0 Å². The molecular weight excluding hydrogens is 1090 g/mol. The van der Waals surface area contributed by atoms with E-state index in [0.29, 0.717) is 34.0 Å². The molecule has 0 atom stereocenters. The molecule has 10 rings (SSSR count). The van der Waals surface area contributed by atoms with Crippen LogP contribution in [0.2, 0.25) is 0 Å². The number of para-hydroxylation sites is 2. The number of likely N-dealkylation sites (tertiary alicyclic amines) is 2. The number of phenols is 1. The Morgan fingerprint density at radius 3 is 1.71 bits per heavy atom. The van der Waals surface area contributed by atoms with Crippen LogP contribution in [0.1, 0.15) is 50.7 Å². The topological polar surface area (TPSA) is 241 Å². The van der Waals surface area contributed by atoms with Crippen LogP contribution in [0.25, 0.3) is 11.1 Å². The number of phenolic OH excluding ortho intramolecular Hbond substituents is 1. The first kappa shape index (κ1) is 53.7. The zero-order valence-corrected chi connectivity index (χ0v) is 45.6. The summed E-state index contributed by atoms with van der Waals surface area (Å²) < 4.78 is 18.2. The quantitative estimate of drug-likeness (QED) is 0.174. The van der Waals surface area contributed by atoms with E-state index in [9.17, 15) is 53.1 Å². The molecular formula is C50H44N4O15S6. The molecule has 25 heteroatoms. The minimum atomic E-state index is -1.71. The van der Waals surface area contributed by atoms with Crippen molar-refractivity contribution in [2.45, 2.75) is 53.2 Å². The lowest BCUT2D eigenvalue weighted by Crippen LogP contribution is -2.56. The maximum absolute atomic E-state index is 14.1. The van der Waals surface area contributed by atoms with Gasteiger partial charge in [0.1, 0.15) is 41.7 Å². The normalized spacial score (nSPS) is 20.6. The van der Waals surface area contributed by atoms with Gasteiger partial charge in [0.05, 0.1) is 57.5 Å². The largest absolute Gasteiger partial charge is 0.506 e. The predicted molar refractivity (Wildman–Crippen MR) is 286 cm³/mol. The molecule has 0 aromatic heterocycles. The number of carbonyl (C=O) groups is 10. The minimum absolute atomic E-state index is 0.00978. The number of imide groups is 2. The predicted octanol–water partition coefficient (Wildman–Crippen LogP) is 6.26. The molecule has 75 heavy (non-hydrogen) atoms. The van der Waals surface area contributed by atoms with Gasteiger partial charge in [-0.1, -0.05) is 65.6 Å². The van der Waals surface area contributed by atoms with E-state index < -0.39 is 57.8 Å². The maximum atomic E-state index is 14.1. The summed E-state index contributed by atoms with van der Waals surface area (Å²) in [5.74, 6) is -6.07. The van der Waals surface area contributed by atoms with Crippen LogP contribution in [0.15, 0.2) is 94.9 Å². The molecule has 0 aliphatic carbocycles. The first-order valence-electron chi connectivity index (χ1n) is 22.7. The summed E-state index contributed by atoms with van der Waals surface area (Å²) in [5.41, 5.74) is 2.07. The minimum Gasteiger partial charge on any atom is -0.506 e. The number of rotatable bonds is 8. The fraction of sp³-hybridized carbons (Fsp3) is 0.320. The van der Waals surface area contributed by atoms with Gasteiger partial charge in [0.25, 0.3) is 0 Å². The highest BCUT2D eigenvalue weighted by Crippen LogP contribution is 2.71. The third kappa shape index (κ3) is 9.00. The molecule has 0 radical (unpaired) electrons. The van der Waals surface area contributed by atoms with Crippen molar-refractivity contribution in [1.29, 1.82) is 0 Å². The molecule has 2 fully saturated rings. The highest BCUT2D eigenvalue weighted by Gasteiger charge is 2.62. The van der Waals surface area contributed by atoms with Crippen molar-refractivity contribution in [3.8, 4) is 5.75 Å². The van der Waals surface area contributed by atoms with E-state index in [1.54, 1.807) is 85.5 Å². The number of ether oxygens (including phenoxy) is 4. The van der Waals surface area contributed by atoms with Crippen molar-refractivity contribution < 1.29 is 72.0 Å². The van der Waals surface area contributed by atoms with Crippen LogP contribution in [-0.4, -0.2) is 136 Å². The van der Waals surface area contributed by atoms with Crippen molar-refractivity contribution >= 4 is 152 Å². The van der Waals surface area contributed by atoms with Crippen molar-refractivity contribution in [3.05, 3.63) is 106 Å². The molecule has 8 aliphatic heterocycles. The summed E-state index contributed by atoms with van der Waals surface area (Å²) in [5, 5.41) is 16.8. The van der Waals surface area contributed by atoms with Gasteiger partial charge in [-0.05, 0) is 48.3 Å². The molecule has 0 bridgehead atoms. The monoisotopic (exact) mass is 1130 g/mol. The molecule has 1 N–H and O–H groups in total. The Bertz CT molecular complexity index is 3110. The van der Waals surface area contributed by atoms with Crippen LogP contribution in [0, 0.1) is 0 Å². The number of esters is 4. The summed E-state index contributed by atoms with van der Waals surface area (Å²) in [6, 6.07) is 12.0. The van der Waals surface area contributed by atoms with E-state index in [1.807, 2.05) is 11.5 Å². The Morgan fingerprint density at radius 1 is 0.627 bits per heavy atom. The highest BCUT2D eigenvalue weighted by atomic mass is 32.2. The lowest BCUT2D eigenvalue weighted by Gasteiger charge is -2.50. The van der Waals surface area contributed by atoms with Crippen molar-refractivity contribution in [1.82, 2.24) is 9.80 Å². The van der Waals surface area contributed by atoms with Gasteiger partial charge in [-0.3, -0.25) is 38.6 Å². The number of benzene rings is 2. The fourth-order valence-corrected chi connectivity index (χ4v) is 18.5. The summed E-state index contributed by atoms with van der Waals surface area (Å²) in [7, 11) is 4.54. The molecule has 0 saturated carbocycles. The van der Waals surface area contributed by atoms with Crippen LogP contribution in [-0.2, 0) is 66.9 Å². The van der Waals surface area contributed by atoms with Gasteiger partial charge in [0.2, 0.25) is 35.4 Å². The van der Waals surface area contributed by atoms with Gasteiger partial charge < -0.3 is 33.9 Å². The van der Waals surface area contributed by atoms with Gasteiger partial charge in [0, 0.05) is 57.8 Å². The second kappa shape index (κ2) is 20.8. The second-order valence-electron chi connectivity index (χ2n) is 17.6. The summed E-state index contributed by atoms with van der Waals surface area (Å²) in [6.45, 7) is 2.91. The van der Waals surface area contributed by atoms with E-state index in [1.165, 1.54) is 9.80 Å². The number of carbonyl (C=O) groups excluding carboxylic acids is 10. The van der Waals surface area contributed by atoms with Crippen molar-refractivity contribution in [2.75, 3.05) is 57.9 Å². The number of aromatic hydroxyl groups is 1. The van der Waals surface area contributed by atoms with Gasteiger partial charge in [0.15, 0.2) is 0 Å². The average Bonchev–Trinajstić information content (AvgIpc) is 4.19. The standard InChI is InChI=1S/C30H28N2O11S3.C20H16N2O4S3/c1-29(2)24-19(14-9-7-8-10-15(14)32(29)18(35)13-31-16(33)11-12-17(31)34)30(20(25(36)40-3)21(44-24)26(37)41-4)45-22(27(38)42-5)23(46-30)28(39)43-6;23-13-3-1-2-12-18-14(27-7-6-20(18)28-8-9-29-20)10-22(19(12)13)17(26)11-21-15(24)4-5-16(21)25/h7-10H,11-13H2,1-6H3;1-3,6-9,23H,4-5,10-11H2. The zero-order chi connectivity index (χ0) is 53.9. The van der Waals surface area contributed by atoms with E-state index in [0.717, 1.165) is 89.6 Å². The van der Waals surface area contributed by atoms with Crippen LogP contribution in [0.4, 0.5) is 11.4 Å². The number of thioether (sulfide) groups is 6. The van der Waals surface area contributed by atoms with Gasteiger partial charge in [-0.2, -0.15) is 0 Å². The van der Waals surface area contributed by atoms with E-state index in [2.05, 4.69) is 16.9 Å². The Balaban J connectivity index is 0.000000203. The maximum Gasteiger partial charge on any atom is 0.345 e. The molecule has 2 saturated heterocycles. The average molecular weight is 1130 g/mol. The Kier molecular flexibility index (Phi) is 14.9. The second-order valence-corrected chi connectivity index (χ2v) is 24.8. The first-order chi connectivity index (χ1) is 35.8. The third-order valence-corrected chi connectivity index (χ3v) is 21.2. The van der Waals surface area contributed by atoms with Crippen molar-refractivity contribution in [2.24, 2.45) is 0 Å². The smallest absolute Gasteiger partial charge is 0.345 e. The molecule has 2 aromatic rings. The lowest BCUT2D eigenvalue weighted by molar-refractivity contribution is -0.142. The van der Waals surface area contributed by atoms with Gasteiger partial charge in [-0.25, -0.2) is 19.2 Å². The Labute approximate surface area is 454 Å². The molecule has 0 unspecified atom stereocenters. The Hall–Kier alpha value is -6.12. The van der Waals surface area contributed by atoms with E-state index in [4.69, 9.17) is 18.9 Å². The highest BCUT2D eigenvalue weighted by molar-refractivity contribution is 8.27. The van der Waals surface area contributed by atoms with Gasteiger partial charge in [-0.15, -0.1) is 35.3 Å². The zero-order valence-electron chi connectivity index (χ0n) is 40.7. The van der Waals surface area contributed by atoms with Crippen LogP contribution in [0.3, 0.4) is 0 Å². The number of hydrogen-bond acceptors (Lipinski definition) is 21. The number of fused-ring (bicyclic) bond motifs is 6. The number of nitrogens with zero attached hydrogens (tertiary/aromatic N) is 4. The number of methoxy groups -OCH3 is 4. The lowest BCUT2D eigenvalue weighted by atomic mass is 9.83. The number of amides is 6. The SMILES string of the molecule is COC(=O)C1=C(C(=O)OC)SC2(S1)C(C(=O)OC)=C(C(=O)OC)SC1=C2c2ccccc2N(C(=O)CN2C(=O)CCC2=O)C1(C)C.O=C1CCC(=O)N1CC(=O)N1CC2=C(c3cccc(O)c31)C1(C=CS2)SC=CS1. The molecule has 8 heterocycles. The summed E-state index contributed by atoms with van der Waals surface area (Å²) >= 11 is 7.49. The fourth-order valence-electron chi connectivity index (χ4n) is 9.67. The molecule has 2 aromatic carbocycles. The third-order valence-electron chi connectivity index (χ3n) is 13.0. The molecule has 6 amide bonds. The molecule has 8 aliphatic rings. The van der Waals surface area contributed by atoms with Crippen LogP contribution >= 0.6 is 70.6 Å². The van der Waals surface area contributed by atoms with Crippen molar-refractivity contribution in [3.63, 3.8) is 0 Å². The van der Waals surface area contributed by atoms with Crippen LogP contribution in [0.5, 0.6) is 5.75 Å². The Morgan fingerprint density at radius 2 is 1.15 bits per heavy atom. The first-order valence-corrected chi connectivity index (χ1v) is 27.8. The number of anilines is 2. The molecule has 2 spiro atoms. The van der Waals surface area contributed by atoms with Crippen LogP contribution < -0.4 is 9.80 Å². The van der Waals surface area contributed by atoms with Gasteiger partial charge >= 0.3 is 23.9 Å². The molecule has 390 valence electrons. The summed E-state index contributed by atoms with van der Waals surface area (Å²) in [4.78, 5) is 135. The molecule has 19 nitrogen and oxygen atoms in total. The summed E-state index contributed by atoms with van der Waals surface area (Å²) in [6.07, 6.45) is 2.46. The number of hydrogen-bond donors (Lipinski definition) is 1.